The molecule has 0 aliphatic heterocycles. The van der Waals surface area contributed by atoms with Crippen molar-refractivity contribution in [2.75, 3.05) is 0 Å². The second-order valence-corrected chi connectivity index (χ2v) is 3.73. The first kappa shape index (κ1) is 14.6. The molecule has 1 rings (SSSR count). The number of hydrogen-bond donors (Lipinski definition) is 3. The number of nitrogens with two attached hydrogens (primary N) is 1. The van der Waals surface area contributed by atoms with Crippen molar-refractivity contribution in [1.82, 2.24) is 10.3 Å². The number of primary amides is 1. The SMILES string of the molecule is NC(=O)CCC(NC(=O)c1ccc(F)cn1)C(=O)O. The van der Waals surface area contributed by atoms with Crippen molar-refractivity contribution in [3.8, 4) is 0 Å². The van der Waals surface area contributed by atoms with Crippen LogP contribution < -0.4 is 11.1 Å². The van der Waals surface area contributed by atoms with Crippen LogP contribution in [0, 0.1) is 5.82 Å². The van der Waals surface area contributed by atoms with Crippen LogP contribution in [0.4, 0.5) is 4.39 Å². The lowest BCUT2D eigenvalue weighted by Crippen LogP contribution is -2.41. The van der Waals surface area contributed by atoms with E-state index >= 15 is 0 Å². The van der Waals surface area contributed by atoms with Crippen LogP contribution in [0.15, 0.2) is 18.3 Å². The molecule has 0 saturated carbocycles. The Balaban J connectivity index is 2.68. The van der Waals surface area contributed by atoms with Crippen LogP contribution in [0.5, 0.6) is 0 Å². The van der Waals surface area contributed by atoms with E-state index in [0.717, 1.165) is 18.3 Å². The molecule has 0 aliphatic rings. The molecule has 8 heteroatoms. The van der Waals surface area contributed by atoms with Gasteiger partial charge in [-0.2, -0.15) is 0 Å². The molecule has 4 N–H and O–H groups in total. The molecule has 19 heavy (non-hydrogen) atoms. The number of carbonyl (C=O) groups excluding carboxylic acids is 2. The van der Waals surface area contributed by atoms with E-state index in [9.17, 15) is 18.8 Å². The van der Waals surface area contributed by atoms with Crippen molar-refractivity contribution >= 4 is 17.8 Å². The summed E-state index contributed by atoms with van der Waals surface area (Å²) in [5.74, 6) is -3.34. The minimum atomic E-state index is -1.29. The third kappa shape index (κ3) is 4.70. The van der Waals surface area contributed by atoms with Gasteiger partial charge >= 0.3 is 5.97 Å². The van der Waals surface area contributed by atoms with Crippen molar-refractivity contribution in [2.24, 2.45) is 5.73 Å². The van der Waals surface area contributed by atoms with Crippen molar-refractivity contribution in [3.63, 3.8) is 0 Å². The Morgan fingerprint density at radius 3 is 2.58 bits per heavy atom. The average molecular weight is 269 g/mol. The second-order valence-electron chi connectivity index (χ2n) is 3.73. The molecule has 0 bridgehead atoms. The third-order valence-electron chi connectivity index (χ3n) is 2.24. The quantitative estimate of drug-likeness (QED) is 0.652. The van der Waals surface area contributed by atoms with E-state index < -0.39 is 29.6 Å². The lowest BCUT2D eigenvalue weighted by Gasteiger charge is -2.13. The summed E-state index contributed by atoms with van der Waals surface area (Å²) in [6.07, 6.45) is 0.541. The first-order valence-electron chi connectivity index (χ1n) is 5.33. The molecule has 0 aromatic carbocycles. The predicted octanol–water partition coefficient (Wildman–Crippen LogP) is -0.331. The highest BCUT2D eigenvalue weighted by molar-refractivity contribution is 5.95. The number of aromatic nitrogens is 1. The number of carboxylic acid groups (broad SMARTS) is 1. The molecule has 2 amide bonds. The molecule has 1 heterocycles. The molecule has 1 unspecified atom stereocenters. The summed E-state index contributed by atoms with van der Waals surface area (Å²) in [6, 6.07) is 0.894. The molecule has 1 atom stereocenters. The third-order valence-corrected chi connectivity index (χ3v) is 2.24. The average Bonchev–Trinajstić information content (AvgIpc) is 2.34. The summed E-state index contributed by atoms with van der Waals surface area (Å²) >= 11 is 0. The number of nitrogens with one attached hydrogen (secondary N) is 1. The fourth-order valence-corrected chi connectivity index (χ4v) is 1.29. The number of amides is 2. The summed E-state index contributed by atoms with van der Waals surface area (Å²) in [6.45, 7) is 0. The maximum Gasteiger partial charge on any atom is 0.326 e. The van der Waals surface area contributed by atoms with Crippen molar-refractivity contribution < 1.29 is 23.9 Å². The number of hydrogen-bond acceptors (Lipinski definition) is 4. The van der Waals surface area contributed by atoms with Crippen LogP contribution in [0.25, 0.3) is 0 Å². The van der Waals surface area contributed by atoms with Crippen LogP contribution in [0.2, 0.25) is 0 Å². The zero-order valence-electron chi connectivity index (χ0n) is 9.80. The van der Waals surface area contributed by atoms with Gasteiger partial charge in [0.1, 0.15) is 17.6 Å². The number of carbonyl (C=O) groups is 3. The van der Waals surface area contributed by atoms with Crippen LogP contribution in [0.3, 0.4) is 0 Å². The van der Waals surface area contributed by atoms with E-state index in [4.69, 9.17) is 10.8 Å². The smallest absolute Gasteiger partial charge is 0.326 e. The first-order chi connectivity index (χ1) is 8.90. The number of halogens is 1. The van der Waals surface area contributed by atoms with Gasteiger partial charge < -0.3 is 16.2 Å². The van der Waals surface area contributed by atoms with Gasteiger partial charge in [0.05, 0.1) is 6.20 Å². The molecule has 0 radical (unpaired) electrons. The molecule has 0 fully saturated rings. The Hall–Kier alpha value is -2.51. The topological polar surface area (TPSA) is 122 Å². The van der Waals surface area contributed by atoms with Crippen molar-refractivity contribution in [1.29, 1.82) is 0 Å². The van der Waals surface area contributed by atoms with E-state index in [0.29, 0.717) is 0 Å². The van der Waals surface area contributed by atoms with E-state index in [1.165, 1.54) is 0 Å². The Morgan fingerprint density at radius 1 is 1.42 bits per heavy atom. The maximum absolute atomic E-state index is 12.6. The monoisotopic (exact) mass is 269 g/mol. The van der Waals surface area contributed by atoms with E-state index in [-0.39, 0.29) is 18.5 Å². The Bertz CT molecular complexity index is 489. The summed E-state index contributed by atoms with van der Waals surface area (Å²) in [5, 5.41) is 11.1. The van der Waals surface area contributed by atoms with Gasteiger partial charge in [-0.15, -0.1) is 0 Å². The largest absolute Gasteiger partial charge is 0.480 e. The van der Waals surface area contributed by atoms with Gasteiger partial charge in [0.25, 0.3) is 5.91 Å². The molecule has 1 aromatic heterocycles. The van der Waals surface area contributed by atoms with Gasteiger partial charge in [-0.05, 0) is 18.6 Å². The molecule has 1 aromatic rings. The molecular formula is C11H12FN3O4. The molecule has 7 nitrogen and oxygen atoms in total. The van der Waals surface area contributed by atoms with Gasteiger partial charge in [-0.1, -0.05) is 0 Å². The molecule has 0 aliphatic carbocycles. The highest BCUT2D eigenvalue weighted by atomic mass is 19.1. The summed E-state index contributed by atoms with van der Waals surface area (Å²) in [4.78, 5) is 36.6. The lowest BCUT2D eigenvalue weighted by atomic mass is 10.1. The molecule has 102 valence electrons. The van der Waals surface area contributed by atoms with E-state index in [1.807, 2.05) is 0 Å². The van der Waals surface area contributed by atoms with Crippen LogP contribution in [-0.2, 0) is 9.59 Å². The van der Waals surface area contributed by atoms with E-state index in [2.05, 4.69) is 10.3 Å². The zero-order chi connectivity index (χ0) is 14.4. The highest BCUT2D eigenvalue weighted by Crippen LogP contribution is 2.02. The fraction of sp³-hybridized carbons (Fsp3) is 0.273. The number of nitrogens with zero attached hydrogens (tertiary/aromatic N) is 1. The predicted molar refractivity (Wildman–Crippen MR) is 61.5 cm³/mol. The summed E-state index contributed by atoms with van der Waals surface area (Å²) < 4.78 is 12.6. The van der Waals surface area contributed by atoms with Crippen LogP contribution in [0.1, 0.15) is 23.3 Å². The van der Waals surface area contributed by atoms with Crippen LogP contribution in [-0.4, -0.2) is 33.9 Å². The summed E-state index contributed by atoms with van der Waals surface area (Å²) in [5.41, 5.74) is 4.78. The fourth-order valence-electron chi connectivity index (χ4n) is 1.29. The number of carboxylic acids is 1. The Labute approximate surface area is 107 Å². The number of aliphatic carboxylic acids is 1. The number of pyridine rings is 1. The molecule has 0 saturated heterocycles. The number of rotatable bonds is 6. The van der Waals surface area contributed by atoms with Gasteiger partial charge in [0.2, 0.25) is 5.91 Å². The van der Waals surface area contributed by atoms with Crippen molar-refractivity contribution in [3.05, 3.63) is 29.8 Å². The van der Waals surface area contributed by atoms with E-state index in [1.54, 1.807) is 0 Å². The van der Waals surface area contributed by atoms with Crippen LogP contribution >= 0.6 is 0 Å². The second kappa shape index (κ2) is 6.43. The normalized spacial score (nSPS) is 11.6. The lowest BCUT2D eigenvalue weighted by molar-refractivity contribution is -0.139. The van der Waals surface area contributed by atoms with Crippen molar-refractivity contribution in [2.45, 2.75) is 18.9 Å². The zero-order valence-corrected chi connectivity index (χ0v) is 9.80. The molecule has 0 spiro atoms. The molecular weight excluding hydrogens is 257 g/mol. The Morgan fingerprint density at radius 2 is 2.11 bits per heavy atom. The first-order valence-corrected chi connectivity index (χ1v) is 5.33. The minimum absolute atomic E-state index is 0.119. The van der Waals surface area contributed by atoms with Gasteiger partial charge in [0, 0.05) is 6.42 Å². The van der Waals surface area contributed by atoms with Gasteiger partial charge in [-0.25, -0.2) is 14.2 Å². The summed E-state index contributed by atoms with van der Waals surface area (Å²) in [7, 11) is 0. The van der Waals surface area contributed by atoms with Gasteiger partial charge in [-0.3, -0.25) is 9.59 Å². The standard InChI is InChI=1S/C11H12FN3O4/c12-6-1-2-7(14-5-6)10(17)15-8(11(18)19)3-4-9(13)16/h1-2,5,8H,3-4H2,(H2,13,16)(H,15,17)(H,18,19). The maximum atomic E-state index is 12.6. The Kier molecular flexibility index (Phi) is 4.92. The van der Waals surface area contributed by atoms with Gasteiger partial charge in [0.15, 0.2) is 0 Å². The minimum Gasteiger partial charge on any atom is -0.480 e. The highest BCUT2D eigenvalue weighted by Gasteiger charge is 2.21.